The molecule has 0 atom stereocenters. The summed E-state index contributed by atoms with van der Waals surface area (Å²) in [6, 6.07) is 6.19. The highest BCUT2D eigenvalue weighted by Crippen LogP contribution is 2.42. The zero-order valence-corrected chi connectivity index (χ0v) is 16.2. The Kier molecular flexibility index (Phi) is 5.75. The van der Waals surface area contributed by atoms with Crippen molar-refractivity contribution in [2.75, 3.05) is 18.1 Å². The number of benzene rings is 1. The van der Waals surface area contributed by atoms with E-state index in [2.05, 4.69) is 6.58 Å². The Morgan fingerprint density at radius 2 is 2.07 bits per heavy atom. The number of rotatable bonds is 6. The molecule has 0 saturated heterocycles. The first-order valence-electron chi connectivity index (χ1n) is 8.77. The summed E-state index contributed by atoms with van der Waals surface area (Å²) in [6.45, 7) is 8.26. The van der Waals surface area contributed by atoms with Crippen LogP contribution in [0.1, 0.15) is 28.7 Å². The standard InChI is InChI=1S/C21H21F2NO2S/c1-4-26-19(25)12-24-16(9-8-15-6-5-7-17(22)20(15)23)10-13(2)21-18(24)11-14(3)27-21/h5-7,10-11H,2,4,8-9,12H2,1,3H3. The highest BCUT2D eigenvalue weighted by atomic mass is 32.1. The number of halogens is 2. The minimum absolute atomic E-state index is 0.0712. The number of carbonyl (C=O) groups is 1. The fourth-order valence-corrected chi connectivity index (χ4v) is 4.12. The van der Waals surface area contributed by atoms with E-state index in [0.717, 1.165) is 32.8 Å². The molecule has 0 bridgehead atoms. The molecule has 0 aliphatic carbocycles. The van der Waals surface area contributed by atoms with Gasteiger partial charge >= 0.3 is 5.97 Å². The number of ether oxygens (including phenoxy) is 1. The van der Waals surface area contributed by atoms with Gasteiger partial charge in [-0.25, -0.2) is 8.78 Å². The Balaban J connectivity index is 1.87. The molecule has 0 unspecified atom stereocenters. The van der Waals surface area contributed by atoms with Crippen molar-refractivity contribution in [1.29, 1.82) is 0 Å². The van der Waals surface area contributed by atoms with Crippen LogP contribution in [0, 0.1) is 18.6 Å². The van der Waals surface area contributed by atoms with Crippen molar-refractivity contribution in [3.05, 3.63) is 69.6 Å². The van der Waals surface area contributed by atoms with Crippen LogP contribution < -0.4 is 4.90 Å². The molecule has 0 amide bonds. The Labute approximate surface area is 161 Å². The van der Waals surface area contributed by atoms with Crippen LogP contribution in [0.15, 0.2) is 42.6 Å². The number of fused-ring (bicyclic) bond motifs is 1. The van der Waals surface area contributed by atoms with Gasteiger partial charge in [0.1, 0.15) is 6.54 Å². The summed E-state index contributed by atoms with van der Waals surface area (Å²) in [7, 11) is 0. The third kappa shape index (κ3) is 4.11. The number of aryl methyl sites for hydroxylation is 2. The quantitative estimate of drug-likeness (QED) is 0.632. The number of hydrogen-bond donors (Lipinski definition) is 0. The van der Waals surface area contributed by atoms with Crippen molar-refractivity contribution in [2.24, 2.45) is 0 Å². The Morgan fingerprint density at radius 1 is 1.30 bits per heavy atom. The molecule has 0 fully saturated rings. The number of nitrogens with zero attached hydrogens (tertiary/aromatic N) is 1. The van der Waals surface area contributed by atoms with Gasteiger partial charge in [-0.2, -0.15) is 0 Å². The van der Waals surface area contributed by atoms with Crippen LogP contribution in [0.5, 0.6) is 0 Å². The van der Waals surface area contributed by atoms with Crippen LogP contribution in [-0.4, -0.2) is 19.1 Å². The van der Waals surface area contributed by atoms with Gasteiger partial charge in [-0.15, -0.1) is 11.3 Å². The lowest BCUT2D eigenvalue weighted by Crippen LogP contribution is -2.32. The fraction of sp³-hybridized carbons (Fsp3) is 0.286. The summed E-state index contributed by atoms with van der Waals surface area (Å²) < 4.78 is 32.6. The molecule has 0 spiro atoms. The highest BCUT2D eigenvalue weighted by molar-refractivity contribution is 7.13. The maximum atomic E-state index is 14.0. The van der Waals surface area contributed by atoms with E-state index >= 15 is 0 Å². The average molecular weight is 389 g/mol. The van der Waals surface area contributed by atoms with Gasteiger partial charge in [0.15, 0.2) is 11.6 Å². The van der Waals surface area contributed by atoms with E-state index in [1.165, 1.54) is 6.07 Å². The number of esters is 1. The first-order valence-corrected chi connectivity index (χ1v) is 9.58. The number of allylic oxidation sites excluding steroid dienone is 3. The number of anilines is 1. The first kappa shape index (κ1) is 19.3. The Morgan fingerprint density at radius 3 is 2.81 bits per heavy atom. The first-order chi connectivity index (χ1) is 12.9. The molecule has 1 aliphatic rings. The SMILES string of the molecule is C=C1C=C(CCc2cccc(F)c2F)N(CC(=O)OCC)c2cc(C)sc21. The topological polar surface area (TPSA) is 29.5 Å². The van der Waals surface area contributed by atoms with Crippen LogP contribution in [0.3, 0.4) is 0 Å². The fourth-order valence-electron chi connectivity index (χ4n) is 3.16. The van der Waals surface area contributed by atoms with E-state index in [1.54, 1.807) is 24.3 Å². The zero-order chi connectivity index (χ0) is 19.6. The van der Waals surface area contributed by atoms with Crippen molar-refractivity contribution >= 4 is 28.6 Å². The van der Waals surface area contributed by atoms with Gasteiger partial charge in [0.05, 0.1) is 17.2 Å². The molecule has 0 radical (unpaired) electrons. The molecule has 27 heavy (non-hydrogen) atoms. The van der Waals surface area contributed by atoms with E-state index in [-0.39, 0.29) is 12.5 Å². The maximum Gasteiger partial charge on any atom is 0.325 e. The lowest BCUT2D eigenvalue weighted by atomic mass is 10.0. The summed E-state index contributed by atoms with van der Waals surface area (Å²) in [6.07, 6.45) is 2.68. The number of hydrogen-bond acceptors (Lipinski definition) is 4. The molecule has 2 aromatic rings. The van der Waals surface area contributed by atoms with E-state index in [9.17, 15) is 13.6 Å². The molecule has 0 N–H and O–H groups in total. The van der Waals surface area contributed by atoms with Gasteiger partial charge in [0.2, 0.25) is 0 Å². The minimum Gasteiger partial charge on any atom is -0.465 e. The number of carbonyl (C=O) groups excluding carboxylic acids is 1. The van der Waals surface area contributed by atoms with Crippen LogP contribution in [0.25, 0.3) is 5.57 Å². The predicted molar refractivity (Wildman–Crippen MR) is 105 cm³/mol. The van der Waals surface area contributed by atoms with Gasteiger partial charge in [-0.1, -0.05) is 18.7 Å². The van der Waals surface area contributed by atoms with Crippen molar-refractivity contribution in [3.63, 3.8) is 0 Å². The normalized spacial score (nSPS) is 13.4. The molecule has 1 aliphatic heterocycles. The van der Waals surface area contributed by atoms with Gasteiger partial charge in [-0.05, 0) is 56.0 Å². The molecule has 3 nitrogen and oxygen atoms in total. The minimum atomic E-state index is -0.853. The molecule has 6 heteroatoms. The summed E-state index contributed by atoms with van der Waals surface area (Å²) in [5, 5.41) is 0. The lowest BCUT2D eigenvalue weighted by Gasteiger charge is -2.31. The van der Waals surface area contributed by atoms with Crippen molar-refractivity contribution in [1.82, 2.24) is 0 Å². The smallest absolute Gasteiger partial charge is 0.325 e. The van der Waals surface area contributed by atoms with E-state index in [1.807, 2.05) is 24.0 Å². The van der Waals surface area contributed by atoms with Crippen molar-refractivity contribution in [3.8, 4) is 0 Å². The van der Waals surface area contributed by atoms with Crippen LogP contribution in [-0.2, 0) is 16.0 Å². The number of thiophene rings is 1. The van der Waals surface area contributed by atoms with E-state index in [0.29, 0.717) is 25.0 Å². The van der Waals surface area contributed by atoms with Crippen molar-refractivity contribution < 1.29 is 18.3 Å². The van der Waals surface area contributed by atoms with E-state index in [4.69, 9.17) is 4.74 Å². The zero-order valence-electron chi connectivity index (χ0n) is 15.4. The molecule has 0 saturated carbocycles. The molecule has 1 aromatic heterocycles. The van der Waals surface area contributed by atoms with Gasteiger partial charge < -0.3 is 9.64 Å². The maximum absolute atomic E-state index is 14.0. The van der Waals surface area contributed by atoms with Crippen LogP contribution in [0.4, 0.5) is 14.5 Å². The highest BCUT2D eigenvalue weighted by Gasteiger charge is 2.26. The van der Waals surface area contributed by atoms with Gasteiger partial charge in [-0.3, -0.25) is 4.79 Å². The predicted octanol–water partition coefficient (Wildman–Crippen LogP) is 5.25. The van der Waals surface area contributed by atoms with Crippen LogP contribution >= 0.6 is 11.3 Å². The second-order valence-corrected chi connectivity index (χ2v) is 7.59. The van der Waals surface area contributed by atoms with Crippen LogP contribution in [0.2, 0.25) is 0 Å². The molecule has 3 rings (SSSR count). The summed E-state index contributed by atoms with van der Waals surface area (Å²) in [4.78, 5) is 16.1. The van der Waals surface area contributed by atoms with E-state index < -0.39 is 11.6 Å². The lowest BCUT2D eigenvalue weighted by molar-refractivity contribution is -0.141. The average Bonchev–Trinajstić information content (AvgIpc) is 3.01. The van der Waals surface area contributed by atoms with Gasteiger partial charge in [0, 0.05) is 10.6 Å². The summed E-state index contributed by atoms with van der Waals surface area (Å²) in [5.74, 6) is -2.01. The van der Waals surface area contributed by atoms with Gasteiger partial charge in [0.25, 0.3) is 0 Å². The third-order valence-electron chi connectivity index (χ3n) is 4.38. The second kappa shape index (κ2) is 8.05. The molecule has 2 heterocycles. The summed E-state index contributed by atoms with van der Waals surface area (Å²) in [5.41, 5.74) is 2.91. The summed E-state index contributed by atoms with van der Waals surface area (Å²) >= 11 is 1.62. The Hall–Kier alpha value is -2.47. The van der Waals surface area contributed by atoms with Crippen molar-refractivity contribution in [2.45, 2.75) is 26.7 Å². The molecule has 142 valence electrons. The third-order valence-corrected chi connectivity index (χ3v) is 5.50. The second-order valence-electron chi connectivity index (χ2n) is 6.34. The molecular weight excluding hydrogens is 368 g/mol. The Bertz CT molecular complexity index is 917. The molecule has 1 aromatic carbocycles. The monoisotopic (exact) mass is 389 g/mol. The molecular formula is C21H21F2NO2S. The largest absolute Gasteiger partial charge is 0.465 e.